The van der Waals surface area contributed by atoms with Gasteiger partial charge in [0.15, 0.2) is 5.03 Å². The highest BCUT2D eigenvalue weighted by Crippen LogP contribution is 2.15. The molecule has 0 saturated carbocycles. The van der Waals surface area contributed by atoms with Crippen LogP contribution in [0.1, 0.15) is 17.7 Å². The van der Waals surface area contributed by atoms with Gasteiger partial charge in [0.2, 0.25) is 0 Å². The second kappa shape index (κ2) is 6.10. The summed E-state index contributed by atoms with van der Waals surface area (Å²) < 4.78 is 30.9. The average molecular weight is 263 g/mol. The molecule has 1 aromatic heterocycles. The van der Waals surface area contributed by atoms with Crippen molar-refractivity contribution >= 4 is 10.0 Å². The van der Waals surface area contributed by atoms with E-state index in [1.165, 1.54) is 0 Å². The molecule has 0 amide bonds. The van der Waals surface area contributed by atoms with E-state index >= 15 is 0 Å². The molecule has 3 N–H and O–H groups in total. The highest BCUT2D eigenvalue weighted by Gasteiger charge is 2.22. The topological polar surface area (TPSA) is 104 Å². The van der Waals surface area contributed by atoms with Gasteiger partial charge in [-0.2, -0.15) is 5.10 Å². The summed E-state index contributed by atoms with van der Waals surface area (Å²) >= 11 is 0. The molecule has 0 saturated heterocycles. The van der Waals surface area contributed by atoms with Gasteiger partial charge < -0.3 is 9.84 Å². The number of rotatable bonds is 7. The standard InChI is InChI=1S/C9H17N3O4S/c1-7-8(6-13)9(12-11-7)17(14,15)10-4-3-5-16-2/h10,13H,3-6H2,1-2H3,(H,11,12). The van der Waals surface area contributed by atoms with Gasteiger partial charge in [0.25, 0.3) is 10.0 Å². The first-order valence-corrected chi connectivity index (χ1v) is 6.64. The fraction of sp³-hybridized carbons (Fsp3) is 0.667. The van der Waals surface area contributed by atoms with Gasteiger partial charge in [0.1, 0.15) is 0 Å². The molecular weight excluding hydrogens is 246 g/mol. The van der Waals surface area contributed by atoms with E-state index in [9.17, 15) is 8.42 Å². The third-order valence-corrected chi connectivity index (χ3v) is 3.70. The van der Waals surface area contributed by atoms with Gasteiger partial charge in [0.05, 0.1) is 6.61 Å². The number of sulfonamides is 1. The Balaban J connectivity index is 2.75. The molecule has 0 radical (unpaired) electrons. The third-order valence-electron chi connectivity index (χ3n) is 2.27. The maximum absolute atomic E-state index is 11.8. The first-order valence-electron chi connectivity index (χ1n) is 5.16. The second-order valence-electron chi connectivity index (χ2n) is 3.53. The van der Waals surface area contributed by atoms with Crippen LogP contribution in [0.5, 0.6) is 0 Å². The molecule has 0 bridgehead atoms. The predicted octanol–water partition coefficient (Wildman–Crippen LogP) is -0.475. The molecule has 0 aliphatic rings. The number of aryl methyl sites for hydroxylation is 1. The molecule has 0 unspecified atom stereocenters. The van der Waals surface area contributed by atoms with E-state index in [2.05, 4.69) is 14.9 Å². The molecule has 0 atom stereocenters. The van der Waals surface area contributed by atoms with E-state index in [1.807, 2.05) is 0 Å². The fourth-order valence-corrected chi connectivity index (χ4v) is 2.59. The van der Waals surface area contributed by atoms with Gasteiger partial charge in [-0.25, -0.2) is 13.1 Å². The number of aliphatic hydroxyl groups excluding tert-OH is 1. The van der Waals surface area contributed by atoms with E-state index in [0.717, 1.165) is 0 Å². The lowest BCUT2D eigenvalue weighted by Gasteiger charge is -2.05. The smallest absolute Gasteiger partial charge is 0.260 e. The number of ether oxygens (including phenoxy) is 1. The second-order valence-corrected chi connectivity index (χ2v) is 5.22. The summed E-state index contributed by atoms with van der Waals surface area (Å²) in [5, 5.41) is 15.2. The van der Waals surface area contributed by atoms with Crippen LogP contribution in [0.2, 0.25) is 0 Å². The van der Waals surface area contributed by atoms with Crippen molar-refractivity contribution < 1.29 is 18.3 Å². The summed E-state index contributed by atoms with van der Waals surface area (Å²) in [7, 11) is -2.12. The Morgan fingerprint density at radius 3 is 2.82 bits per heavy atom. The van der Waals surface area contributed by atoms with E-state index in [4.69, 9.17) is 9.84 Å². The van der Waals surface area contributed by atoms with Gasteiger partial charge in [0, 0.05) is 31.5 Å². The van der Waals surface area contributed by atoms with Crippen LogP contribution in [-0.4, -0.2) is 44.0 Å². The Morgan fingerprint density at radius 1 is 1.53 bits per heavy atom. The summed E-state index contributed by atoms with van der Waals surface area (Å²) in [6, 6.07) is 0. The monoisotopic (exact) mass is 263 g/mol. The van der Waals surface area contributed by atoms with Crippen LogP contribution in [0, 0.1) is 6.92 Å². The summed E-state index contributed by atoms with van der Waals surface area (Å²) in [6.07, 6.45) is 0.577. The molecular formula is C9H17N3O4S. The van der Waals surface area contributed by atoms with Gasteiger partial charge in [-0.05, 0) is 13.3 Å². The zero-order valence-corrected chi connectivity index (χ0v) is 10.7. The molecule has 7 nitrogen and oxygen atoms in total. The number of aromatic nitrogens is 2. The summed E-state index contributed by atoms with van der Waals surface area (Å²) in [4.78, 5) is 0. The predicted molar refractivity (Wildman–Crippen MR) is 60.9 cm³/mol. The number of methoxy groups -OCH3 is 1. The number of nitrogens with zero attached hydrogens (tertiary/aromatic N) is 1. The van der Waals surface area contributed by atoms with Crippen molar-refractivity contribution in [3.05, 3.63) is 11.3 Å². The Hall–Kier alpha value is -0.960. The van der Waals surface area contributed by atoms with Gasteiger partial charge in [-0.15, -0.1) is 0 Å². The minimum atomic E-state index is -3.67. The number of nitrogens with one attached hydrogen (secondary N) is 2. The lowest BCUT2D eigenvalue weighted by atomic mass is 10.3. The maximum atomic E-state index is 11.8. The van der Waals surface area contributed by atoms with Crippen molar-refractivity contribution in [3.8, 4) is 0 Å². The largest absolute Gasteiger partial charge is 0.392 e. The van der Waals surface area contributed by atoms with Crippen molar-refractivity contribution in [1.29, 1.82) is 0 Å². The van der Waals surface area contributed by atoms with Crippen LogP contribution in [0.3, 0.4) is 0 Å². The van der Waals surface area contributed by atoms with Crippen LogP contribution >= 0.6 is 0 Å². The minimum absolute atomic E-state index is 0.144. The van der Waals surface area contributed by atoms with Crippen LogP contribution in [0.15, 0.2) is 5.03 Å². The maximum Gasteiger partial charge on any atom is 0.260 e. The van der Waals surface area contributed by atoms with Crippen molar-refractivity contribution in [1.82, 2.24) is 14.9 Å². The van der Waals surface area contributed by atoms with E-state index in [1.54, 1.807) is 14.0 Å². The Kier molecular flexibility index (Phi) is 5.06. The van der Waals surface area contributed by atoms with Gasteiger partial charge in [-0.3, -0.25) is 5.10 Å². The molecule has 17 heavy (non-hydrogen) atoms. The number of hydrogen-bond donors (Lipinski definition) is 3. The van der Waals surface area contributed by atoms with Crippen LogP contribution in [-0.2, 0) is 21.4 Å². The summed E-state index contributed by atoms with van der Waals surface area (Å²) in [5.41, 5.74) is 0.842. The number of aromatic amines is 1. The van der Waals surface area contributed by atoms with E-state index in [-0.39, 0.29) is 18.2 Å². The molecule has 0 aliphatic carbocycles. The minimum Gasteiger partial charge on any atom is -0.392 e. The Bertz CT molecular complexity index is 455. The van der Waals surface area contributed by atoms with Crippen molar-refractivity contribution in [3.63, 3.8) is 0 Å². The molecule has 0 aliphatic heterocycles. The number of aliphatic hydroxyl groups is 1. The molecule has 1 heterocycles. The molecule has 0 spiro atoms. The van der Waals surface area contributed by atoms with Crippen LogP contribution in [0.4, 0.5) is 0 Å². The number of hydrogen-bond acceptors (Lipinski definition) is 5. The molecule has 0 aromatic carbocycles. The van der Waals surface area contributed by atoms with E-state index in [0.29, 0.717) is 24.3 Å². The molecule has 1 rings (SSSR count). The van der Waals surface area contributed by atoms with E-state index < -0.39 is 10.0 Å². The summed E-state index contributed by atoms with van der Waals surface area (Å²) in [5.74, 6) is 0. The third kappa shape index (κ3) is 3.50. The summed E-state index contributed by atoms with van der Waals surface area (Å²) in [6.45, 7) is 2.04. The highest BCUT2D eigenvalue weighted by atomic mass is 32.2. The van der Waals surface area contributed by atoms with Gasteiger partial charge >= 0.3 is 0 Å². The van der Waals surface area contributed by atoms with Crippen molar-refractivity contribution in [2.45, 2.75) is 25.0 Å². The first kappa shape index (κ1) is 14.1. The van der Waals surface area contributed by atoms with Crippen molar-refractivity contribution in [2.24, 2.45) is 0 Å². The number of H-pyrrole nitrogens is 1. The molecule has 0 fully saturated rings. The van der Waals surface area contributed by atoms with Crippen molar-refractivity contribution in [2.75, 3.05) is 20.3 Å². The highest BCUT2D eigenvalue weighted by molar-refractivity contribution is 7.89. The Morgan fingerprint density at radius 2 is 2.24 bits per heavy atom. The quantitative estimate of drug-likeness (QED) is 0.577. The molecule has 1 aromatic rings. The fourth-order valence-electron chi connectivity index (χ4n) is 1.33. The zero-order chi connectivity index (χ0) is 12.9. The Labute approximate surface area is 100 Å². The van der Waals surface area contributed by atoms with Gasteiger partial charge in [-0.1, -0.05) is 0 Å². The SMILES string of the molecule is COCCCNS(=O)(=O)c1n[nH]c(C)c1CO. The lowest BCUT2D eigenvalue weighted by Crippen LogP contribution is -2.26. The van der Waals surface area contributed by atoms with Crippen LogP contribution in [0.25, 0.3) is 0 Å². The lowest BCUT2D eigenvalue weighted by molar-refractivity contribution is 0.196. The molecule has 8 heteroatoms. The first-order chi connectivity index (χ1) is 8.03. The normalized spacial score (nSPS) is 11.9. The zero-order valence-electron chi connectivity index (χ0n) is 9.86. The van der Waals surface area contributed by atoms with Crippen LogP contribution < -0.4 is 4.72 Å². The average Bonchev–Trinajstić information content (AvgIpc) is 2.66. The molecule has 98 valence electrons.